The van der Waals surface area contributed by atoms with E-state index >= 15 is 0 Å². The van der Waals surface area contributed by atoms with Crippen LogP contribution in [0, 0.1) is 0 Å². The number of carboxylic acids is 1. The third-order valence-corrected chi connectivity index (χ3v) is 1.18. The van der Waals surface area contributed by atoms with Crippen molar-refractivity contribution in [2.45, 2.75) is 12.1 Å². The van der Waals surface area contributed by atoms with E-state index in [0.717, 1.165) is 14.2 Å². The van der Waals surface area contributed by atoms with Crippen molar-refractivity contribution < 1.29 is 29.6 Å². The summed E-state index contributed by atoms with van der Waals surface area (Å²) in [6, 6.07) is 0. The summed E-state index contributed by atoms with van der Waals surface area (Å²) in [6.07, 6.45) is -1.91. The van der Waals surface area contributed by atoms with Gasteiger partial charge in [0.2, 0.25) is 6.29 Å². The lowest BCUT2D eigenvalue weighted by molar-refractivity contribution is -0.300. The van der Waals surface area contributed by atoms with Gasteiger partial charge in [-0.25, -0.2) is 4.79 Å². The molecule has 11 heavy (non-hydrogen) atoms. The van der Waals surface area contributed by atoms with Crippen molar-refractivity contribution in [3.63, 3.8) is 0 Å². The van der Waals surface area contributed by atoms with Gasteiger partial charge in [0.1, 0.15) is 0 Å². The first-order valence-electron chi connectivity index (χ1n) is 2.70. The average Bonchev–Trinajstić information content (AvgIpc) is 2.01. The summed E-state index contributed by atoms with van der Waals surface area (Å²) in [5.41, 5.74) is 0. The van der Waals surface area contributed by atoms with Gasteiger partial charge in [0.05, 0.1) is 0 Å². The van der Waals surface area contributed by atoms with Gasteiger partial charge in [0.15, 0.2) is 0 Å². The monoisotopic (exact) mass is 166 g/mol. The number of aliphatic hydroxyl groups is 2. The summed E-state index contributed by atoms with van der Waals surface area (Å²) in [6.45, 7) is 0. The molecule has 0 spiro atoms. The van der Waals surface area contributed by atoms with Gasteiger partial charge in [-0.15, -0.1) is 0 Å². The Kier molecular flexibility index (Phi) is 3.40. The number of aliphatic carboxylic acids is 1. The Morgan fingerprint density at radius 3 is 2.09 bits per heavy atom. The highest BCUT2D eigenvalue weighted by Gasteiger charge is 2.45. The summed E-state index contributed by atoms with van der Waals surface area (Å²) in [5.74, 6) is -4.41. The van der Waals surface area contributed by atoms with E-state index in [1.165, 1.54) is 0 Å². The molecule has 0 aliphatic rings. The van der Waals surface area contributed by atoms with E-state index in [1.54, 1.807) is 0 Å². The summed E-state index contributed by atoms with van der Waals surface area (Å²) in [4.78, 5) is 10.2. The first-order valence-corrected chi connectivity index (χ1v) is 2.70. The second-order valence-corrected chi connectivity index (χ2v) is 1.79. The van der Waals surface area contributed by atoms with Gasteiger partial charge in [0, 0.05) is 14.2 Å². The largest absolute Gasteiger partial charge is 0.477 e. The van der Waals surface area contributed by atoms with Crippen LogP contribution in [0.4, 0.5) is 0 Å². The molecule has 66 valence electrons. The highest BCUT2D eigenvalue weighted by molar-refractivity contribution is 5.75. The normalized spacial score (nSPS) is 18.9. The van der Waals surface area contributed by atoms with Crippen molar-refractivity contribution in [2.75, 3.05) is 14.2 Å². The van der Waals surface area contributed by atoms with Crippen molar-refractivity contribution in [3.05, 3.63) is 0 Å². The molecule has 2 unspecified atom stereocenters. The van der Waals surface area contributed by atoms with Crippen molar-refractivity contribution >= 4 is 5.97 Å². The van der Waals surface area contributed by atoms with Crippen LogP contribution in [-0.4, -0.2) is 47.6 Å². The molecule has 0 aliphatic heterocycles. The molecule has 6 nitrogen and oxygen atoms in total. The minimum atomic E-state index is -2.70. The summed E-state index contributed by atoms with van der Waals surface area (Å²) in [5, 5.41) is 26.1. The van der Waals surface area contributed by atoms with Crippen LogP contribution >= 0.6 is 0 Å². The van der Waals surface area contributed by atoms with Crippen LogP contribution < -0.4 is 0 Å². The van der Waals surface area contributed by atoms with Crippen LogP contribution in [0.2, 0.25) is 0 Å². The predicted molar refractivity (Wildman–Crippen MR) is 32.6 cm³/mol. The highest BCUT2D eigenvalue weighted by Crippen LogP contribution is 2.12. The number of hydrogen-bond acceptors (Lipinski definition) is 5. The van der Waals surface area contributed by atoms with Crippen LogP contribution in [0.15, 0.2) is 0 Å². The molecule has 0 aromatic heterocycles. The fourth-order valence-corrected chi connectivity index (χ4v) is 0.453. The Labute approximate surface area is 63.0 Å². The molecule has 6 heteroatoms. The summed E-state index contributed by atoms with van der Waals surface area (Å²) in [7, 11) is 1.98. The van der Waals surface area contributed by atoms with Crippen LogP contribution in [-0.2, 0) is 14.3 Å². The first-order chi connectivity index (χ1) is 4.99. The van der Waals surface area contributed by atoms with Crippen molar-refractivity contribution in [3.8, 4) is 0 Å². The first kappa shape index (κ1) is 10.3. The third-order valence-electron chi connectivity index (χ3n) is 1.18. The molecular formula is C5H10O6. The molecule has 0 saturated heterocycles. The second-order valence-electron chi connectivity index (χ2n) is 1.79. The van der Waals surface area contributed by atoms with E-state index in [1.807, 2.05) is 0 Å². The minimum Gasteiger partial charge on any atom is -0.477 e. The van der Waals surface area contributed by atoms with Gasteiger partial charge < -0.3 is 24.8 Å². The van der Waals surface area contributed by atoms with Crippen LogP contribution in [0.1, 0.15) is 0 Å². The lowest BCUT2D eigenvalue weighted by Gasteiger charge is -2.24. The molecule has 0 saturated carbocycles. The number of methoxy groups -OCH3 is 2. The zero-order valence-electron chi connectivity index (χ0n) is 6.14. The molecule has 0 aromatic rings. The Bertz CT molecular complexity index is 146. The van der Waals surface area contributed by atoms with Crippen LogP contribution in [0.3, 0.4) is 0 Å². The SMILES string of the molecule is COC(O)C(O)(OC)C(=O)O. The Hall–Kier alpha value is -0.690. The average molecular weight is 166 g/mol. The fourth-order valence-electron chi connectivity index (χ4n) is 0.453. The smallest absolute Gasteiger partial charge is 0.369 e. The molecule has 0 bridgehead atoms. The number of carboxylic acid groups (broad SMARTS) is 1. The highest BCUT2D eigenvalue weighted by atomic mass is 16.7. The topological polar surface area (TPSA) is 96.2 Å². The lowest BCUT2D eigenvalue weighted by atomic mass is 10.3. The van der Waals surface area contributed by atoms with E-state index in [2.05, 4.69) is 9.47 Å². The standard InChI is InChI=1S/C5H10O6/c1-10-4(8)5(9,11-2)3(6)7/h4,8-9H,1-2H3,(H,6,7). The number of aliphatic hydroxyl groups excluding tert-OH is 1. The number of rotatable bonds is 4. The zero-order valence-corrected chi connectivity index (χ0v) is 6.14. The maximum Gasteiger partial charge on any atom is 0.369 e. The van der Waals surface area contributed by atoms with Gasteiger partial charge in [-0.2, -0.15) is 0 Å². The van der Waals surface area contributed by atoms with Crippen LogP contribution in [0.25, 0.3) is 0 Å². The molecule has 0 amide bonds. The zero-order chi connectivity index (χ0) is 9.07. The third kappa shape index (κ3) is 1.87. The van der Waals surface area contributed by atoms with E-state index in [4.69, 9.17) is 15.3 Å². The van der Waals surface area contributed by atoms with Gasteiger partial charge in [-0.1, -0.05) is 0 Å². The summed E-state index contributed by atoms with van der Waals surface area (Å²) >= 11 is 0. The second kappa shape index (κ2) is 3.63. The Morgan fingerprint density at radius 2 is 2.00 bits per heavy atom. The minimum absolute atomic E-state index is 0.941. The van der Waals surface area contributed by atoms with Gasteiger partial charge in [0.25, 0.3) is 0 Å². The maximum absolute atomic E-state index is 10.2. The fraction of sp³-hybridized carbons (Fsp3) is 0.800. The van der Waals surface area contributed by atoms with Gasteiger partial charge in [-0.05, 0) is 0 Å². The number of hydrogen-bond donors (Lipinski definition) is 3. The number of ether oxygens (including phenoxy) is 2. The molecular weight excluding hydrogens is 156 g/mol. The summed E-state index contributed by atoms with van der Waals surface area (Å²) < 4.78 is 8.30. The maximum atomic E-state index is 10.2. The van der Waals surface area contributed by atoms with Gasteiger partial charge >= 0.3 is 11.8 Å². The molecule has 3 N–H and O–H groups in total. The molecule has 0 heterocycles. The van der Waals surface area contributed by atoms with E-state index in [-0.39, 0.29) is 0 Å². The molecule has 0 fully saturated rings. The van der Waals surface area contributed by atoms with Crippen LogP contribution in [0.5, 0.6) is 0 Å². The number of carbonyl (C=O) groups is 1. The van der Waals surface area contributed by atoms with Gasteiger partial charge in [-0.3, -0.25) is 0 Å². The Balaban J connectivity index is 4.45. The van der Waals surface area contributed by atoms with E-state index in [9.17, 15) is 4.79 Å². The van der Waals surface area contributed by atoms with E-state index in [0.29, 0.717) is 0 Å². The van der Waals surface area contributed by atoms with E-state index < -0.39 is 18.0 Å². The molecule has 0 radical (unpaired) electrons. The molecule has 0 aliphatic carbocycles. The molecule has 0 rings (SSSR count). The van der Waals surface area contributed by atoms with Crippen molar-refractivity contribution in [1.82, 2.24) is 0 Å². The Morgan fingerprint density at radius 1 is 1.55 bits per heavy atom. The van der Waals surface area contributed by atoms with Crippen molar-refractivity contribution in [1.29, 1.82) is 0 Å². The lowest BCUT2D eigenvalue weighted by Crippen LogP contribution is -2.51. The molecule has 2 atom stereocenters. The predicted octanol–water partition coefficient (Wildman–Crippen LogP) is -1.63. The molecule has 0 aromatic carbocycles. The van der Waals surface area contributed by atoms with Crippen molar-refractivity contribution in [2.24, 2.45) is 0 Å². The quantitative estimate of drug-likeness (QED) is 0.434.